The highest BCUT2D eigenvalue weighted by atomic mass is 16.7. The second-order valence-corrected chi connectivity index (χ2v) is 9.22. The van der Waals surface area contributed by atoms with Crippen LogP contribution in [-0.4, -0.2) is 58.1 Å². The second kappa shape index (κ2) is 13.5. The summed E-state index contributed by atoms with van der Waals surface area (Å²) in [6.45, 7) is 2.68. The number of hydrogen-bond acceptors (Lipinski definition) is 6. The SMILES string of the molecule is COCC1=C(COC)C(OC(=O)O[C@@H](CCc2ccccc2)CCC2CCCC2)C(C)N=C1. The Labute approximate surface area is 198 Å². The van der Waals surface area contributed by atoms with Crippen LogP contribution in [0.1, 0.15) is 57.4 Å². The van der Waals surface area contributed by atoms with Crippen LogP contribution in [0.2, 0.25) is 0 Å². The van der Waals surface area contributed by atoms with E-state index in [4.69, 9.17) is 18.9 Å². The molecule has 6 heteroatoms. The lowest BCUT2D eigenvalue weighted by atomic mass is 9.96. The Morgan fingerprint density at radius 2 is 1.79 bits per heavy atom. The summed E-state index contributed by atoms with van der Waals surface area (Å²) in [5, 5.41) is 0. The number of rotatable bonds is 12. The molecule has 1 aliphatic heterocycles. The van der Waals surface area contributed by atoms with Gasteiger partial charge >= 0.3 is 6.16 Å². The topological polar surface area (TPSA) is 66.4 Å². The van der Waals surface area contributed by atoms with Crippen LogP contribution in [0.15, 0.2) is 46.5 Å². The highest BCUT2D eigenvalue weighted by Gasteiger charge is 2.32. The van der Waals surface area contributed by atoms with Gasteiger partial charge in [-0.25, -0.2) is 4.79 Å². The third kappa shape index (κ3) is 7.97. The van der Waals surface area contributed by atoms with Gasteiger partial charge in [-0.05, 0) is 44.1 Å². The van der Waals surface area contributed by atoms with Gasteiger partial charge in [0, 0.05) is 31.6 Å². The number of carbonyl (C=O) groups excluding carboxylic acids is 1. The van der Waals surface area contributed by atoms with Crippen molar-refractivity contribution in [2.24, 2.45) is 10.9 Å². The molecule has 33 heavy (non-hydrogen) atoms. The average molecular weight is 458 g/mol. The summed E-state index contributed by atoms with van der Waals surface area (Å²) in [5.41, 5.74) is 3.02. The molecule has 1 aromatic rings. The maximum absolute atomic E-state index is 12.9. The fourth-order valence-electron chi connectivity index (χ4n) is 4.85. The molecule has 0 bridgehead atoms. The summed E-state index contributed by atoms with van der Waals surface area (Å²) in [6, 6.07) is 10.1. The van der Waals surface area contributed by atoms with Crippen molar-refractivity contribution in [2.75, 3.05) is 27.4 Å². The Bertz CT molecular complexity index is 785. The van der Waals surface area contributed by atoms with Gasteiger partial charge in [0.25, 0.3) is 0 Å². The molecule has 0 radical (unpaired) electrons. The van der Waals surface area contributed by atoms with Crippen LogP contribution in [0.4, 0.5) is 4.79 Å². The van der Waals surface area contributed by atoms with E-state index < -0.39 is 12.3 Å². The minimum absolute atomic E-state index is 0.158. The zero-order valence-electron chi connectivity index (χ0n) is 20.3. The van der Waals surface area contributed by atoms with Gasteiger partial charge in [-0.3, -0.25) is 4.99 Å². The fraction of sp³-hybridized carbons (Fsp3) is 0.630. The molecular weight excluding hydrogens is 418 g/mol. The van der Waals surface area contributed by atoms with E-state index >= 15 is 0 Å². The number of carbonyl (C=O) groups is 1. The lowest BCUT2D eigenvalue weighted by Crippen LogP contribution is -2.37. The molecule has 1 aliphatic carbocycles. The van der Waals surface area contributed by atoms with Crippen LogP contribution >= 0.6 is 0 Å². The van der Waals surface area contributed by atoms with Crippen LogP contribution in [0.25, 0.3) is 0 Å². The largest absolute Gasteiger partial charge is 0.509 e. The number of aliphatic imine (C=N–C) groups is 1. The van der Waals surface area contributed by atoms with Crippen LogP contribution in [-0.2, 0) is 25.4 Å². The maximum atomic E-state index is 12.9. The molecule has 0 amide bonds. The first kappa shape index (κ1) is 25.4. The predicted octanol–water partition coefficient (Wildman–Crippen LogP) is 5.54. The van der Waals surface area contributed by atoms with Crippen molar-refractivity contribution in [3.63, 3.8) is 0 Å². The van der Waals surface area contributed by atoms with Crippen LogP contribution in [0.5, 0.6) is 0 Å². The van der Waals surface area contributed by atoms with Gasteiger partial charge in [-0.15, -0.1) is 0 Å². The lowest BCUT2D eigenvalue weighted by molar-refractivity contribution is -0.00663. The van der Waals surface area contributed by atoms with E-state index in [1.54, 1.807) is 20.4 Å². The summed E-state index contributed by atoms with van der Waals surface area (Å²) in [4.78, 5) is 17.4. The standard InChI is InChI=1S/C27H39NO5/c1-20-26(25(19-31-3)23(17-28-20)18-30-2)33-27(29)32-24(16-14-22-11-7-8-12-22)15-13-21-9-5-4-6-10-21/h4-6,9-10,17,20,22,24,26H,7-8,11-16,18-19H2,1-3H3/t20?,24-,26?/m0/s1. The number of hydrogen-bond donors (Lipinski definition) is 0. The monoisotopic (exact) mass is 457 g/mol. The zero-order chi connectivity index (χ0) is 23.5. The third-order valence-corrected chi connectivity index (χ3v) is 6.71. The van der Waals surface area contributed by atoms with Crippen molar-refractivity contribution in [3.8, 4) is 0 Å². The molecule has 1 aromatic carbocycles. The minimum atomic E-state index is -0.626. The van der Waals surface area contributed by atoms with Crippen molar-refractivity contribution in [2.45, 2.75) is 76.5 Å². The third-order valence-electron chi connectivity index (χ3n) is 6.71. The Morgan fingerprint density at radius 1 is 1.06 bits per heavy atom. The van der Waals surface area contributed by atoms with Gasteiger partial charge < -0.3 is 18.9 Å². The van der Waals surface area contributed by atoms with Gasteiger partial charge in [0.2, 0.25) is 0 Å². The molecular formula is C27H39NO5. The molecule has 1 heterocycles. The number of methoxy groups -OCH3 is 2. The Morgan fingerprint density at radius 3 is 2.48 bits per heavy atom. The Balaban J connectivity index is 1.63. The molecule has 1 saturated carbocycles. The second-order valence-electron chi connectivity index (χ2n) is 9.22. The predicted molar refractivity (Wildman–Crippen MR) is 130 cm³/mol. The zero-order valence-corrected chi connectivity index (χ0v) is 20.3. The van der Waals surface area contributed by atoms with E-state index in [-0.39, 0.29) is 12.1 Å². The molecule has 2 unspecified atom stereocenters. The number of dihydropyridines is 1. The molecule has 1 fully saturated rings. The van der Waals surface area contributed by atoms with Gasteiger partial charge in [0.15, 0.2) is 6.10 Å². The number of benzene rings is 1. The van der Waals surface area contributed by atoms with Gasteiger partial charge in [0.05, 0.1) is 19.3 Å². The van der Waals surface area contributed by atoms with E-state index in [2.05, 4.69) is 17.1 Å². The molecule has 3 rings (SSSR count). The minimum Gasteiger partial charge on any atom is -0.431 e. The first-order valence-corrected chi connectivity index (χ1v) is 12.2. The molecule has 2 aliphatic rings. The maximum Gasteiger partial charge on any atom is 0.509 e. The van der Waals surface area contributed by atoms with E-state index in [0.717, 1.165) is 42.7 Å². The highest BCUT2D eigenvalue weighted by molar-refractivity contribution is 5.82. The molecule has 6 nitrogen and oxygen atoms in total. The molecule has 0 N–H and O–H groups in total. The summed E-state index contributed by atoms with van der Waals surface area (Å²) < 4.78 is 22.4. The molecule has 0 saturated heterocycles. The summed E-state index contributed by atoms with van der Waals surface area (Å²) in [5.74, 6) is 0.754. The van der Waals surface area contributed by atoms with Crippen LogP contribution in [0, 0.1) is 5.92 Å². The summed E-state index contributed by atoms with van der Waals surface area (Å²) >= 11 is 0. The van der Waals surface area contributed by atoms with Crippen molar-refractivity contribution in [1.29, 1.82) is 0 Å². The normalized spacial score (nSPS) is 21.9. The summed E-state index contributed by atoms with van der Waals surface area (Å²) in [6.07, 6.45) is 9.36. The lowest BCUT2D eigenvalue weighted by Gasteiger charge is -2.29. The highest BCUT2D eigenvalue weighted by Crippen LogP contribution is 2.30. The van der Waals surface area contributed by atoms with Crippen LogP contribution in [0.3, 0.4) is 0 Å². The average Bonchev–Trinajstić information content (AvgIpc) is 3.34. The Kier molecular flexibility index (Phi) is 10.4. The van der Waals surface area contributed by atoms with Crippen molar-refractivity contribution in [1.82, 2.24) is 0 Å². The van der Waals surface area contributed by atoms with E-state index in [1.165, 1.54) is 31.2 Å². The van der Waals surface area contributed by atoms with Crippen LogP contribution < -0.4 is 0 Å². The molecule has 3 atom stereocenters. The van der Waals surface area contributed by atoms with Crippen molar-refractivity contribution < 1.29 is 23.7 Å². The first-order valence-electron chi connectivity index (χ1n) is 12.2. The fourth-order valence-corrected chi connectivity index (χ4v) is 4.85. The first-order chi connectivity index (χ1) is 16.1. The number of ether oxygens (including phenoxy) is 4. The van der Waals surface area contributed by atoms with Gasteiger partial charge in [0.1, 0.15) is 6.10 Å². The molecule has 182 valence electrons. The number of nitrogens with zero attached hydrogens (tertiary/aromatic N) is 1. The van der Waals surface area contributed by atoms with E-state index in [1.807, 2.05) is 25.1 Å². The number of aryl methyl sites for hydroxylation is 1. The van der Waals surface area contributed by atoms with Crippen molar-refractivity contribution in [3.05, 3.63) is 47.0 Å². The van der Waals surface area contributed by atoms with Gasteiger partial charge in [-0.2, -0.15) is 0 Å². The quantitative estimate of drug-likeness (QED) is 0.385. The van der Waals surface area contributed by atoms with Crippen molar-refractivity contribution >= 4 is 12.4 Å². The van der Waals surface area contributed by atoms with E-state index in [9.17, 15) is 4.79 Å². The molecule has 0 spiro atoms. The Hall–Kier alpha value is -2.18. The summed E-state index contributed by atoms with van der Waals surface area (Å²) in [7, 11) is 3.26. The van der Waals surface area contributed by atoms with E-state index in [0.29, 0.717) is 13.2 Å². The molecule has 0 aromatic heterocycles. The van der Waals surface area contributed by atoms with Gasteiger partial charge in [-0.1, -0.05) is 56.0 Å². The smallest absolute Gasteiger partial charge is 0.431 e.